The first-order valence-electron chi connectivity index (χ1n) is 9.27. The maximum atomic E-state index is 11.6. The summed E-state index contributed by atoms with van der Waals surface area (Å²) < 4.78 is 0. The van der Waals surface area contributed by atoms with Gasteiger partial charge in [0.25, 0.3) is 0 Å². The van der Waals surface area contributed by atoms with Gasteiger partial charge in [0.15, 0.2) is 11.6 Å². The van der Waals surface area contributed by atoms with Crippen molar-refractivity contribution in [3.05, 3.63) is 40.1 Å². The van der Waals surface area contributed by atoms with Gasteiger partial charge in [0.05, 0.1) is 11.7 Å². The van der Waals surface area contributed by atoms with E-state index >= 15 is 0 Å². The minimum Gasteiger partial charge on any atom is -0.396 e. The number of aromatic nitrogens is 2. The van der Waals surface area contributed by atoms with Crippen molar-refractivity contribution in [1.82, 2.24) is 9.97 Å². The number of nitrogens with zero attached hydrogens (tertiary/aromatic N) is 3. The highest BCUT2D eigenvalue weighted by Gasteiger charge is 2.30. The zero-order chi connectivity index (χ0) is 19.7. The number of carbonyl (C=O) groups excluding carboxylic acids is 1. The first-order valence-corrected chi connectivity index (χ1v) is 10.0. The second kappa shape index (κ2) is 8.11. The van der Waals surface area contributed by atoms with Crippen LogP contribution in [0.25, 0.3) is 0 Å². The van der Waals surface area contributed by atoms with Crippen LogP contribution >= 0.6 is 23.2 Å². The number of ketones is 1. The van der Waals surface area contributed by atoms with E-state index in [1.54, 1.807) is 12.1 Å². The molecule has 3 N–H and O–H groups in total. The third-order valence-corrected chi connectivity index (χ3v) is 5.56. The average Bonchev–Trinajstić information content (AvgIpc) is 3.05. The SMILES string of the molecule is Clc1ccc2c(n1)N[C@@H]1CCN2C1.O=C1Cc2ccc(Cl)nc2N[C@@H]1CCO. The summed E-state index contributed by atoms with van der Waals surface area (Å²) in [6.45, 7) is 2.23. The lowest BCUT2D eigenvalue weighted by molar-refractivity contribution is -0.119. The average molecular weight is 422 g/mol. The molecule has 3 aliphatic heterocycles. The molecule has 9 heteroatoms. The Balaban J connectivity index is 0.000000138. The lowest BCUT2D eigenvalue weighted by Gasteiger charge is -2.27. The predicted octanol–water partition coefficient (Wildman–Crippen LogP) is 2.76. The Hall–Kier alpha value is -2.09. The predicted molar refractivity (Wildman–Crippen MR) is 111 cm³/mol. The number of aliphatic hydroxyl groups is 1. The Kier molecular flexibility index (Phi) is 5.57. The van der Waals surface area contributed by atoms with Crippen molar-refractivity contribution in [2.75, 3.05) is 35.2 Å². The molecular weight excluding hydrogens is 401 g/mol. The number of halogens is 2. The minimum absolute atomic E-state index is 0.0146. The highest BCUT2D eigenvalue weighted by Crippen LogP contribution is 2.34. The first kappa shape index (κ1) is 19.2. The molecule has 1 saturated heterocycles. The normalized spacial score (nSPS) is 21.7. The van der Waals surface area contributed by atoms with Crippen LogP contribution in [0.3, 0.4) is 0 Å². The fourth-order valence-corrected chi connectivity index (χ4v) is 4.03. The molecule has 0 amide bonds. The molecule has 28 heavy (non-hydrogen) atoms. The Morgan fingerprint density at radius 3 is 2.64 bits per heavy atom. The maximum Gasteiger partial charge on any atom is 0.159 e. The molecule has 2 bridgehead atoms. The molecule has 2 aromatic rings. The second-order valence-electron chi connectivity index (χ2n) is 7.07. The number of aliphatic hydroxyl groups excluding tert-OH is 1. The highest BCUT2D eigenvalue weighted by molar-refractivity contribution is 6.29. The van der Waals surface area contributed by atoms with E-state index in [0.29, 0.717) is 35.0 Å². The summed E-state index contributed by atoms with van der Waals surface area (Å²) in [5, 5.41) is 16.1. The van der Waals surface area contributed by atoms with E-state index in [-0.39, 0.29) is 18.4 Å². The fraction of sp³-hybridized carbons (Fsp3) is 0.421. The van der Waals surface area contributed by atoms with Crippen molar-refractivity contribution in [2.24, 2.45) is 0 Å². The van der Waals surface area contributed by atoms with Gasteiger partial charge < -0.3 is 20.6 Å². The quantitative estimate of drug-likeness (QED) is 0.642. The van der Waals surface area contributed by atoms with E-state index in [1.165, 1.54) is 12.1 Å². The van der Waals surface area contributed by atoms with Gasteiger partial charge in [0.1, 0.15) is 16.1 Å². The molecule has 7 nitrogen and oxygen atoms in total. The molecule has 2 atom stereocenters. The number of hydrogen-bond acceptors (Lipinski definition) is 7. The van der Waals surface area contributed by atoms with Crippen LogP contribution in [0, 0.1) is 0 Å². The maximum absolute atomic E-state index is 11.6. The fourth-order valence-electron chi connectivity index (χ4n) is 3.73. The molecule has 5 rings (SSSR count). The van der Waals surface area contributed by atoms with Crippen molar-refractivity contribution >= 4 is 46.3 Å². The molecule has 0 saturated carbocycles. The zero-order valence-electron chi connectivity index (χ0n) is 15.2. The summed E-state index contributed by atoms with van der Waals surface area (Å²) >= 11 is 11.6. The van der Waals surface area contributed by atoms with Crippen molar-refractivity contribution in [2.45, 2.75) is 31.3 Å². The molecule has 0 aliphatic carbocycles. The van der Waals surface area contributed by atoms with Crippen LogP contribution in [0.5, 0.6) is 0 Å². The monoisotopic (exact) mass is 421 g/mol. The smallest absolute Gasteiger partial charge is 0.159 e. The third kappa shape index (κ3) is 4.01. The summed E-state index contributed by atoms with van der Waals surface area (Å²) in [4.78, 5) is 22.3. The van der Waals surface area contributed by atoms with E-state index in [0.717, 1.165) is 24.5 Å². The standard InChI is InChI=1S/C10H11ClN2O2.C9H10ClN3/c11-9-2-1-6-5-8(15)7(3-4-14)12-10(6)13-9;10-8-2-1-7-9(12-8)11-6-3-4-13(7)5-6/h1-2,7,14H,3-5H2,(H,12,13);1-2,6H,3-5H2,(H,11,12)/t7-;6-/m11/s1. The number of nitrogens with one attached hydrogen (secondary N) is 2. The van der Waals surface area contributed by atoms with Crippen LogP contribution in [-0.2, 0) is 11.2 Å². The number of carbonyl (C=O) groups is 1. The summed E-state index contributed by atoms with van der Waals surface area (Å²) in [6, 6.07) is 7.58. The zero-order valence-corrected chi connectivity index (χ0v) is 16.7. The molecule has 0 spiro atoms. The van der Waals surface area contributed by atoms with Crippen molar-refractivity contribution < 1.29 is 9.90 Å². The van der Waals surface area contributed by atoms with Crippen molar-refractivity contribution in [1.29, 1.82) is 0 Å². The van der Waals surface area contributed by atoms with Gasteiger partial charge >= 0.3 is 0 Å². The van der Waals surface area contributed by atoms with Gasteiger partial charge in [0, 0.05) is 37.7 Å². The van der Waals surface area contributed by atoms with Crippen LogP contribution in [0.1, 0.15) is 18.4 Å². The number of rotatable bonds is 2. The molecule has 0 unspecified atom stereocenters. The van der Waals surface area contributed by atoms with Gasteiger partial charge in [-0.05, 0) is 31.0 Å². The Labute approximate surface area is 173 Å². The molecular formula is C19H21Cl2N5O2. The molecule has 0 radical (unpaired) electrons. The van der Waals surface area contributed by atoms with Crippen LogP contribution in [0.4, 0.5) is 17.3 Å². The summed E-state index contributed by atoms with van der Waals surface area (Å²) in [5.41, 5.74) is 2.05. The van der Waals surface area contributed by atoms with E-state index in [2.05, 4.69) is 25.5 Å². The summed E-state index contributed by atoms with van der Waals surface area (Å²) in [6.07, 6.45) is 1.97. The van der Waals surface area contributed by atoms with Gasteiger partial charge in [-0.25, -0.2) is 9.97 Å². The third-order valence-electron chi connectivity index (χ3n) is 5.14. The molecule has 148 valence electrons. The Morgan fingerprint density at radius 2 is 1.86 bits per heavy atom. The van der Waals surface area contributed by atoms with E-state index < -0.39 is 0 Å². The molecule has 3 aliphatic rings. The van der Waals surface area contributed by atoms with Gasteiger partial charge in [-0.3, -0.25) is 4.79 Å². The topological polar surface area (TPSA) is 90.4 Å². The largest absolute Gasteiger partial charge is 0.396 e. The molecule has 1 fully saturated rings. The van der Waals surface area contributed by atoms with Crippen LogP contribution in [-0.4, -0.2) is 52.6 Å². The van der Waals surface area contributed by atoms with E-state index in [1.807, 2.05) is 12.1 Å². The minimum atomic E-state index is -0.339. The van der Waals surface area contributed by atoms with Crippen molar-refractivity contribution in [3.63, 3.8) is 0 Å². The lowest BCUT2D eigenvalue weighted by Crippen LogP contribution is -2.36. The van der Waals surface area contributed by atoms with Crippen LogP contribution < -0.4 is 15.5 Å². The molecule has 2 aromatic heterocycles. The number of Topliss-reactive ketones (excluding diaryl/α,β-unsaturated/α-hetero) is 1. The second-order valence-corrected chi connectivity index (χ2v) is 7.85. The van der Waals surface area contributed by atoms with Gasteiger partial charge in [-0.2, -0.15) is 0 Å². The number of anilines is 3. The molecule has 0 aromatic carbocycles. The van der Waals surface area contributed by atoms with Gasteiger partial charge in [0.2, 0.25) is 0 Å². The van der Waals surface area contributed by atoms with E-state index in [4.69, 9.17) is 28.3 Å². The van der Waals surface area contributed by atoms with E-state index in [9.17, 15) is 4.79 Å². The summed E-state index contributed by atoms with van der Waals surface area (Å²) in [7, 11) is 0. The first-order chi connectivity index (χ1) is 13.5. The van der Waals surface area contributed by atoms with Crippen molar-refractivity contribution in [3.8, 4) is 0 Å². The Morgan fingerprint density at radius 1 is 1.11 bits per heavy atom. The number of fused-ring (bicyclic) bond motifs is 5. The van der Waals surface area contributed by atoms with Gasteiger partial charge in [-0.15, -0.1) is 0 Å². The van der Waals surface area contributed by atoms with Crippen LogP contribution in [0.15, 0.2) is 24.3 Å². The highest BCUT2D eigenvalue weighted by atomic mass is 35.5. The van der Waals surface area contributed by atoms with Gasteiger partial charge in [-0.1, -0.05) is 29.3 Å². The summed E-state index contributed by atoms with van der Waals surface area (Å²) in [5.74, 6) is 1.68. The Bertz CT molecular complexity index is 895. The molecule has 5 heterocycles. The number of pyridine rings is 2. The lowest BCUT2D eigenvalue weighted by atomic mass is 9.98. The van der Waals surface area contributed by atoms with Crippen LogP contribution in [0.2, 0.25) is 10.3 Å². The number of hydrogen-bond donors (Lipinski definition) is 3.